The van der Waals surface area contributed by atoms with Crippen molar-refractivity contribution in [3.8, 4) is 0 Å². The first-order chi connectivity index (χ1) is 9.92. The summed E-state index contributed by atoms with van der Waals surface area (Å²) >= 11 is 0. The van der Waals surface area contributed by atoms with E-state index in [2.05, 4.69) is 41.4 Å². The fraction of sp³-hybridized carbons (Fsp3) is 0.750. The van der Waals surface area contributed by atoms with E-state index in [9.17, 15) is 5.11 Å². The van der Waals surface area contributed by atoms with Crippen LogP contribution in [-0.2, 0) is 0 Å². The maximum atomic E-state index is 10.7. The molecule has 1 aliphatic rings. The van der Waals surface area contributed by atoms with Crippen LogP contribution in [0.4, 0.5) is 11.8 Å². The first kappa shape index (κ1) is 16.0. The van der Waals surface area contributed by atoms with Crippen LogP contribution < -0.4 is 10.6 Å². The van der Waals surface area contributed by atoms with Gasteiger partial charge in [0.2, 0.25) is 5.95 Å². The topological polar surface area (TPSA) is 70.1 Å². The van der Waals surface area contributed by atoms with Crippen LogP contribution in [0.2, 0.25) is 0 Å². The molecule has 0 spiro atoms. The fourth-order valence-corrected chi connectivity index (χ4v) is 2.60. The van der Waals surface area contributed by atoms with E-state index in [4.69, 9.17) is 0 Å². The van der Waals surface area contributed by atoms with Gasteiger partial charge in [-0.1, -0.05) is 20.8 Å². The Morgan fingerprint density at radius 1 is 1.19 bits per heavy atom. The number of anilines is 2. The average Bonchev–Trinajstić information content (AvgIpc) is 2.47. The Bertz CT molecular complexity index is 451. The Labute approximate surface area is 127 Å². The summed E-state index contributed by atoms with van der Waals surface area (Å²) in [6.07, 6.45) is 6.60. The Morgan fingerprint density at radius 3 is 2.57 bits per heavy atom. The third-order valence-corrected chi connectivity index (χ3v) is 4.32. The molecule has 3 N–H and O–H groups in total. The molecule has 1 aromatic rings. The monoisotopic (exact) mass is 292 g/mol. The molecule has 0 unspecified atom stereocenters. The fourth-order valence-electron chi connectivity index (χ4n) is 2.60. The highest BCUT2D eigenvalue weighted by molar-refractivity contribution is 5.39. The molecular formula is C16H28N4O. The van der Waals surface area contributed by atoms with E-state index in [1.807, 2.05) is 6.07 Å². The van der Waals surface area contributed by atoms with Gasteiger partial charge >= 0.3 is 0 Å². The minimum absolute atomic E-state index is 0.360. The zero-order chi connectivity index (χ0) is 15.3. The lowest BCUT2D eigenvalue weighted by Gasteiger charge is -2.40. The number of rotatable bonds is 6. The highest BCUT2D eigenvalue weighted by Crippen LogP contribution is 2.40. The van der Waals surface area contributed by atoms with Crippen molar-refractivity contribution >= 4 is 11.8 Å². The van der Waals surface area contributed by atoms with E-state index in [1.165, 1.54) is 0 Å². The summed E-state index contributed by atoms with van der Waals surface area (Å²) < 4.78 is 0. The predicted octanol–water partition coefficient (Wildman–Crippen LogP) is 3.04. The highest BCUT2D eigenvalue weighted by atomic mass is 16.3. The van der Waals surface area contributed by atoms with Gasteiger partial charge < -0.3 is 15.7 Å². The smallest absolute Gasteiger partial charge is 0.224 e. The molecule has 0 bridgehead atoms. The molecule has 1 aromatic heterocycles. The SMILES string of the molecule is CCCNc1nccc(NCC2(O)CCC(C)(C)CC2)n1. The summed E-state index contributed by atoms with van der Waals surface area (Å²) in [5, 5.41) is 17.1. The number of aromatic nitrogens is 2. The van der Waals surface area contributed by atoms with Gasteiger partial charge in [-0.15, -0.1) is 0 Å². The van der Waals surface area contributed by atoms with Gasteiger partial charge in [-0.2, -0.15) is 4.98 Å². The molecule has 1 aliphatic carbocycles. The van der Waals surface area contributed by atoms with Crippen LogP contribution in [0.5, 0.6) is 0 Å². The average molecular weight is 292 g/mol. The number of hydrogen-bond donors (Lipinski definition) is 3. The summed E-state index contributed by atoms with van der Waals surface area (Å²) in [6, 6.07) is 1.84. The molecule has 1 heterocycles. The Kier molecular flexibility index (Phi) is 5.04. The number of aliphatic hydroxyl groups is 1. The standard InChI is InChI=1S/C16H28N4O/c1-4-10-17-14-18-11-5-13(20-14)19-12-16(21)8-6-15(2,3)7-9-16/h5,11,21H,4,6-10,12H2,1-3H3,(H2,17,18,19,20). The van der Waals surface area contributed by atoms with Crippen molar-refractivity contribution in [2.45, 2.75) is 58.5 Å². The van der Waals surface area contributed by atoms with Crippen LogP contribution >= 0.6 is 0 Å². The summed E-state index contributed by atoms with van der Waals surface area (Å²) in [4.78, 5) is 8.59. The molecule has 0 saturated heterocycles. The third kappa shape index (κ3) is 4.84. The van der Waals surface area contributed by atoms with Crippen molar-refractivity contribution in [2.75, 3.05) is 23.7 Å². The van der Waals surface area contributed by atoms with E-state index in [-0.39, 0.29) is 0 Å². The lowest BCUT2D eigenvalue weighted by atomic mass is 9.71. The van der Waals surface area contributed by atoms with Crippen LogP contribution in [0, 0.1) is 5.41 Å². The van der Waals surface area contributed by atoms with E-state index in [0.717, 1.165) is 44.5 Å². The molecule has 5 nitrogen and oxygen atoms in total. The second-order valence-electron chi connectivity index (χ2n) is 6.93. The molecule has 1 saturated carbocycles. The van der Waals surface area contributed by atoms with Crippen molar-refractivity contribution in [1.82, 2.24) is 9.97 Å². The predicted molar refractivity (Wildman–Crippen MR) is 86.5 cm³/mol. The number of nitrogens with one attached hydrogen (secondary N) is 2. The molecule has 21 heavy (non-hydrogen) atoms. The summed E-state index contributed by atoms with van der Waals surface area (Å²) in [6.45, 7) is 8.07. The van der Waals surface area contributed by atoms with E-state index >= 15 is 0 Å². The minimum Gasteiger partial charge on any atom is -0.388 e. The molecule has 0 atom stereocenters. The van der Waals surface area contributed by atoms with E-state index in [1.54, 1.807) is 6.20 Å². The van der Waals surface area contributed by atoms with Gasteiger partial charge in [-0.3, -0.25) is 0 Å². The first-order valence-corrected chi connectivity index (χ1v) is 7.96. The van der Waals surface area contributed by atoms with Crippen LogP contribution in [0.3, 0.4) is 0 Å². The van der Waals surface area contributed by atoms with Crippen molar-refractivity contribution in [1.29, 1.82) is 0 Å². The first-order valence-electron chi connectivity index (χ1n) is 7.96. The van der Waals surface area contributed by atoms with Crippen LogP contribution in [0.15, 0.2) is 12.3 Å². The van der Waals surface area contributed by atoms with Crippen molar-refractivity contribution in [3.63, 3.8) is 0 Å². The van der Waals surface area contributed by atoms with Crippen LogP contribution in [0.1, 0.15) is 52.9 Å². The second-order valence-corrected chi connectivity index (χ2v) is 6.93. The van der Waals surface area contributed by atoms with Gasteiger partial charge in [-0.05, 0) is 43.6 Å². The van der Waals surface area contributed by atoms with Crippen molar-refractivity contribution in [2.24, 2.45) is 5.41 Å². The molecule has 0 aromatic carbocycles. The lowest BCUT2D eigenvalue weighted by Crippen LogP contribution is -2.42. The zero-order valence-corrected chi connectivity index (χ0v) is 13.4. The highest BCUT2D eigenvalue weighted by Gasteiger charge is 2.36. The molecule has 0 radical (unpaired) electrons. The van der Waals surface area contributed by atoms with Crippen molar-refractivity contribution < 1.29 is 5.11 Å². The van der Waals surface area contributed by atoms with E-state index < -0.39 is 5.60 Å². The second kappa shape index (κ2) is 6.60. The zero-order valence-electron chi connectivity index (χ0n) is 13.4. The maximum Gasteiger partial charge on any atom is 0.224 e. The Morgan fingerprint density at radius 2 is 1.90 bits per heavy atom. The quantitative estimate of drug-likeness (QED) is 0.752. The normalized spacial score (nSPS) is 20.0. The largest absolute Gasteiger partial charge is 0.388 e. The Balaban J connectivity index is 1.88. The van der Waals surface area contributed by atoms with Crippen molar-refractivity contribution in [3.05, 3.63) is 12.3 Å². The van der Waals surface area contributed by atoms with Gasteiger partial charge in [0.25, 0.3) is 0 Å². The van der Waals surface area contributed by atoms with Gasteiger partial charge in [0.15, 0.2) is 0 Å². The number of hydrogen-bond acceptors (Lipinski definition) is 5. The molecule has 0 aliphatic heterocycles. The molecule has 2 rings (SSSR count). The van der Waals surface area contributed by atoms with Gasteiger partial charge in [0, 0.05) is 19.3 Å². The summed E-state index contributed by atoms with van der Waals surface area (Å²) in [5.41, 5.74) is -0.254. The number of nitrogens with zero attached hydrogens (tertiary/aromatic N) is 2. The van der Waals surface area contributed by atoms with E-state index in [0.29, 0.717) is 17.9 Å². The maximum absolute atomic E-state index is 10.7. The molecule has 0 amide bonds. The van der Waals surface area contributed by atoms with Gasteiger partial charge in [-0.25, -0.2) is 4.98 Å². The molecule has 1 fully saturated rings. The molecular weight excluding hydrogens is 264 g/mol. The van der Waals surface area contributed by atoms with Gasteiger partial charge in [0.05, 0.1) is 5.60 Å². The summed E-state index contributed by atoms with van der Waals surface area (Å²) in [5.74, 6) is 1.40. The molecule has 5 heteroatoms. The minimum atomic E-state index is -0.614. The van der Waals surface area contributed by atoms with Gasteiger partial charge in [0.1, 0.15) is 5.82 Å². The van der Waals surface area contributed by atoms with Crippen LogP contribution in [0.25, 0.3) is 0 Å². The molecule has 118 valence electrons. The summed E-state index contributed by atoms with van der Waals surface area (Å²) in [7, 11) is 0. The van der Waals surface area contributed by atoms with Crippen LogP contribution in [-0.4, -0.2) is 33.8 Å². The Hall–Kier alpha value is -1.36. The third-order valence-electron chi connectivity index (χ3n) is 4.32. The lowest BCUT2D eigenvalue weighted by molar-refractivity contribution is -0.0145.